The molecule has 0 fully saturated rings. The highest BCUT2D eigenvalue weighted by atomic mass is 16.5. The van der Waals surface area contributed by atoms with E-state index < -0.39 is 36.4 Å². The molecule has 11 heteroatoms. The molecular weight excluding hydrogens is 540 g/mol. The van der Waals surface area contributed by atoms with Gasteiger partial charge in [0.1, 0.15) is 24.9 Å². The molecule has 214 valence electrons. The molecule has 3 aromatic carbocycles. The lowest BCUT2D eigenvalue weighted by molar-refractivity contribution is -0.146. The van der Waals surface area contributed by atoms with E-state index in [-0.39, 0.29) is 30.6 Å². The highest BCUT2D eigenvalue weighted by Gasteiger charge is 2.31. The Morgan fingerprint density at radius 3 is 2.14 bits per heavy atom. The lowest BCUT2D eigenvalue weighted by Gasteiger charge is -2.19. The first kappa shape index (κ1) is 28.1. The smallest absolute Gasteiger partial charge is 0.407 e. The zero-order chi connectivity index (χ0) is 29.6. The van der Waals surface area contributed by atoms with E-state index in [1.165, 1.54) is 13.1 Å². The molecule has 1 aromatic heterocycles. The number of aromatic carboxylic acids is 1. The number of benzene rings is 3. The first-order valence-electron chi connectivity index (χ1n) is 13.2. The van der Waals surface area contributed by atoms with Crippen molar-refractivity contribution in [3.8, 4) is 11.1 Å². The second-order valence-corrected chi connectivity index (χ2v) is 9.71. The number of amides is 2. The van der Waals surface area contributed by atoms with Gasteiger partial charge in [-0.15, -0.1) is 0 Å². The molecule has 0 bridgehead atoms. The number of ether oxygens (including phenoxy) is 2. The van der Waals surface area contributed by atoms with Gasteiger partial charge in [0, 0.05) is 19.0 Å². The molecule has 5 rings (SSSR count). The Morgan fingerprint density at radius 2 is 1.52 bits per heavy atom. The number of anilines is 1. The molecule has 0 aliphatic heterocycles. The van der Waals surface area contributed by atoms with Crippen molar-refractivity contribution in [2.45, 2.75) is 25.0 Å². The molecule has 0 radical (unpaired) electrons. The number of carboxylic acid groups (broad SMARTS) is 1. The molecule has 1 aliphatic carbocycles. The van der Waals surface area contributed by atoms with Crippen molar-refractivity contribution in [3.05, 3.63) is 107 Å². The average Bonchev–Trinajstić information content (AvgIpc) is 3.52. The Balaban J connectivity index is 1.27. The van der Waals surface area contributed by atoms with Gasteiger partial charge in [-0.25, -0.2) is 9.59 Å². The third-order valence-electron chi connectivity index (χ3n) is 6.92. The average molecular weight is 569 g/mol. The summed E-state index contributed by atoms with van der Waals surface area (Å²) < 4.78 is 11.9. The number of nitrogens with zero attached hydrogens (tertiary/aromatic N) is 2. The topological polar surface area (TPSA) is 149 Å². The Bertz CT molecular complexity index is 1590. The molecule has 1 aliphatic rings. The zero-order valence-corrected chi connectivity index (χ0v) is 22.7. The van der Waals surface area contributed by atoms with Crippen LogP contribution in [-0.4, -0.2) is 51.5 Å². The van der Waals surface area contributed by atoms with E-state index in [1.807, 2.05) is 54.6 Å². The minimum absolute atomic E-state index is 0.00879. The number of aryl methyl sites for hydroxylation is 1. The van der Waals surface area contributed by atoms with Crippen LogP contribution in [0.3, 0.4) is 0 Å². The maximum atomic E-state index is 13.2. The summed E-state index contributed by atoms with van der Waals surface area (Å²) in [7, 11) is 1.41. The SMILES string of the molecule is Cn1nc(NC(=O)[C@H](CC(=O)OCc2ccccc2)NC(=O)OCC2c3ccccc3-c3ccccc32)cc1C(=O)O. The van der Waals surface area contributed by atoms with Crippen molar-refractivity contribution in [1.82, 2.24) is 15.1 Å². The first-order valence-corrected chi connectivity index (χ1v) is 13.2. The summed E-state index contributed by atoms with van der Waals surface area (Å²) in [6.07, 6.45) is -1.40. The van der Waals surface area contributed by atoms with Gasteiger partial charge in [0.2, 0.25) is 5.91 Å². The standard InChI is InChI=1S/C31H28N4O7/c1-35-26(30(38)39)16-27(34-35)33-29(37)25(15-28(36)41-17-19-9-3-2-4-10-19)32-31(40)42-18-24-22-13-7-5-11-20(22)21-12-6-8-14-23(21)24/h2-14,16,24-25H,15,17-18H2,1H3,(H,32,40)(H,38,39)(H,33,34,37)/t25-/m0/s1. The number of nitrogens with one attached hydrogen (secondary N) is 2. The van der Waals surface area contributed by atoms with Crippen molar-refractivity contribution in [1.29, 1.82) is 0 Å². The summed E-state index contributed by atoms with van der Waals surface area (Å²) in [5, 5.41) is 18.2. The van der Waals surface area contributed by atoms with Crippen LogP contribution in [0.4, 0.5) is 10.6 Å². The van der Waals surface area contributed by atoms with Crippen molar-refractivity contribution in [2.24, 2.45) is 7.05 Å². The lowest BCUT2D eigenvalue weighted by atomic mass is 9.98. The van der Waals surface area contributed by atoms with E-state index in [2.05, 4.69) is 15.7 Å². The van der Waals surface area contributed by atoms with Gasteiger partial charge < -0.3 is 25.2 Å². The van der Waals surface area contributed by atoms with Crippen LogP contribution >= 0.6 is 0 Å². The number of alkyl carbamates (subject to hydrolysis) is 1. The molecule has 2 amide bonds. The third kappa shape index (κ3) is 6.30. The highest BCUT2D eigenvalue weighted by molar-refractivity contribution is 5.99. The van der Waals surface area contributed by atoms with Crippen molar-refractivity contribution in [3.63, 3.8) is 0 Å². The number of hydrogen-bond donors (Lipinski definition) is 3. The van der Waals surface area contributed by atoms with Crippen LogP contribution in [0.5, 0.6) is 0 Å². The molecular formula is C31H28N4O7. The van der Waals surface area contributed by atoms with Crippen molar-refractivity contribution >= 4 is 29.8 Å². The fraction of sp³-hybridized carbons (Fsp3) is 0.194. The predicted molar refractivity (Wildman–Crippen MR) is 152 cm³/mol. The zero-order valence-electron chi connectivity index (χ0n) is 22.7. The fourth-order valence-electron chi connectivity index (χ4n) is 4.90. The quantitative estimate of drug-likeness (QED) is 0.242. The molecule has 0 saturated carbocycles. The molecule has 1 atom stereocenters. The van der Waals surface area contributed by atoms with Gasteiger partial charge >= 0.3 is 18.0 Å². The molecule has 0 saturated heterocycles. The minimum atomic E-state index is -1.39. The van der Waals surface area contributed by atoms with Gasteiger partial charge in [0.15, 0.2) is 5.82 Å². The van der Waals surface area contributed by atoms with Gasteiger partial charge in [0.25, 0.3) is 0 Å². The van der Waals surface area contributed by atoms with Crippen LogP contribution in [0, 0.1) is 0 Å². The molecule has 1 heterocycles. The second kappa shape index (κ2) is 12.4. The normalized spacial score (nSPS) is 12.5. The first-order chi connectivity index (χ1) is 20.3. The Morgan fingerprint density at radius 1 is 0.905 bits per heavy atom. The summed E-state index contributed by atoms with van der Waals surface area (Å²) in [5.74, 6) is -3.02. The summed E-state index contributed by atoms with van der Waals surface area (Å²) in [4.78, 5) is 50.1. The van der Waals surface area contributed by atoms with Crippen LogP contribution in [0.15, 0.2) is 84.9 Å². The van der Waals surface area contributed by atoms with Gasteiger partial charge in [-0.05, 0) is 27.8 Å². The van der Waals surface area contributed by atoms with Crippen molar-refractivity contribution in [2.75, 3.05) is 11.9 Å². The molecule has 0 unspecified atom stereocenters. The molecule has 4 aromatic rings. The van der Waals surface area contributed by atoms with E-state index in [9.17, 15) is 24.3 Å². The van der Waals surface area contributed by atoms with Gasteiger partial charge in [-0.3, -0.25) is 14.3 Å². The number of esters is 1. The molecule has 3 N–H and O–H groups in total. The Labute approximate surface area is 241 Å². The number of rotatable bonds is 10. The van der Waals surface area contributed by atoms with Crippen LogP contribution in [-0.2, 0) is 32.7 Å². The molecule has 0 spiro atoms. The van der Waals surface area contributed by atoms with E-state index in [4.69, 9.17) is 9.47 Å². The number of aromatic nitrogens is 2. The van der Waals surface area contributed by atoms with Crippen LogP contribution in [0.2, 0.25) is 0 Å². The third-order valence-corrected chi connectivity index (χ3v) is 6.92. The second-order valence-electron chi connectivity index (χ2n) is 9.71. The maximum Gasteiger partial charge on any atom is 0.407 e. The highest BCUT2D eigenvalue weighted by Crippen LogP contribution is 2.44. The number of carboxylic acids is 1. The molecule has 42 heavy (non-hydrogen) atoms. The van der Waals surface area contributed by atoms with Crippen molar-refractivity contribution < 1.29 is 33.8 Å². The lowest BCUT2D eigenvalue weighted by Crippen LogP contribution is -2.45. The van der Waals surface area contributed by atoms with Crippen LogP contribution in [0.25, 0.3) is 11.1 Å². The fourth-order valence-corrected chi connectivity index (χ4v) is 4.90. The number of carbonyl (C=O) groups is 4. The van der Waals surface area contributed by atoms with E-state index in [0.29, 0.717) is 0 Å². The summed E-state index contributed by atoms with van der Waals surface area (Å²) >= 11 is 0. The van der Waals surface area contributed by atoms with Gasteiger partial charge in [-0.2, -0.15) is 5.10 Å². The Hall–Kier alpha value is -5.45. The number of carbonyl (C=O) groups excluding carboxylic acids is 3. The van der Waals surface area contributed by atoms with Crippen LogP contribution < -0.4 is 10.6 Å². The summed E-state index contributed by atoms with van der Waals surface area (Å²) in [5.41, 5.74) is 4.78. The monoisotopic (exact) mass is 568 g/mol. The van der Waals surface area contributed by atoms with E-state index in [1.54, 1.807) is 24.3 Å². The molecule has 11 nitrogen and oxygen atoms in total. The maximum absolute atomic E-state index is 13.2. The Kier molecular flexibility index (Phi) is 8.28. The van der Waals surface area contributed by atoms with Gasteiger partial charge in [0.05, 0.1) is 6.42 Å². The largest absolute Gasteiger partial charge is 0.477 e. The van der Waals surface area contributed by atoms with Crippen LogP contribution in [0.1, 0.15) is 39.5 Å². The minimum Gasteiger partial charge on any atom is -0.477 e. The summed E-state index contributed by atoms with van der Waals surface area (Å²) in [6.45, 7) is -0.00393. The van der Waals surface area contributed by atoms with E-state index >= 15 is 0 Å². The number of fused-ring (bicyclic) bond motifs is 3. The van der Waals surface area contributed by atoms with E-state index in [0.717, 1.165) is 32.5 Å². The number of hydrogen-bond acceptors (Lipinski definition) is 7. The summed E-state index contributed by atoms with van der Waals surface area (Å²) in [6, 6.07) is 24.5. The van der Waals surface area contributed by atoms with Gasteiger partial charge in [-0.1, -0.05) is 78.9 Å². The predicted octanol–water partition coefficient (Wildman–Crippen LogP) is 4.10.